The van der Waals surface area contributed by atoms with Crippen molar-refractivity contribution in [2.45, 2.75) is 148 Å². The van der Waals surface area contributed by atoms with Crippen LogP contribution in [-0.4, -0.2) is 13.0 Å². The Kier molecular flexibility index (Phi) is 22.1. The van der Waals surface area contributed by atoms with Crippen LogP contribution in [0.15, 0.2) is 23.1 Å². The van der Waals surface area contributed by atoms with E-state index in [-0.39, 0.29) is 56.3 Å². The molecule has 0 radical (unpaired) electrons. The molecule has 1 rings (SSSR count). The van der Waals surface area contributed by atoms with Crippen LogP contribution in [0.1, 0.15) is 142 Å². The van der Waals surface area contributed by atoms with Crippen LogP contribution < -0.4 is 51.4 Å². The largest absolute Gasteiger partial charge is 1.00 e. The number of unbranched alkanes of at least 4 members (excludes halogenated alkanes) is 12. The maximum Gasteiger partial charge on any atom is 1.00 e. The van der Waals surface area contributed by atoms with E-state index in [4.69, 9.17) is 0 Å². The summed E-state index contributed by atoms with van der Waals surface area (Å²) in [6.45, 7) is 9.14. The van der Waals surface area contributed by atoms with E-state index in [9.17, 15) is 13.0 Å². The Morgan fingerprint density at radius 1 is 0.629 bits per heavy atom. The molecule has 1 aromatic rings. The summed E-state index contributed by atoms with van der Waals surface area (Å²) in [5, 5.41) is 0. The second kappa shape index (κ2) is 21.7. The first-order valence-corrected chi connectivity index (χ1v) is 15.7. The summed E-state index contributed by atoms with van der Waals surface area (Å²) in [4.78, 5) is 0.0174. The molecule has 0 N–H and O–H groups in total. The van der Waals surface area contributed by atoms with Crippen molar-refractivity contribution in [2.75, 3.05) is 0 Å². The number of hydrogen-bond acceptors (Lipinski definition) is 3. The van der Waals surface area contributed by atoms with Crippen molar-refractivity contribution in [3.63, 3.8) is 0 Å². The molecular formula is C30H53KO3S. The molecule has 198 valence electrons. The van der Waals surface area contributed by atoms with E-state index in [1.54, 1.807) is 6.07 Å². The predicted octanol–water partition coefficient (Wildman–Crippen LogP) is 6.23. The first kappa shape index (κ1) is 35.8. The van der Waals surface area contributed by atoms with E-state index >= 15 is 0 Å². The quantitative estimate of drug-likeness (QED) is 0.107. The summed E-state index contributed by atoms with van der Waals surface area (Å²) >= 11 is 0. The maximum atomic E-state index is 11.9. The fourth-order valence-electron chi connectivity index (χ4n) is 4.85. The third-order valence-electron chi connectivity index (χ3n) is 6.94. The van der Waals surface area contributed by atoms with Crippen molar-refractivity contribution >= 4 is 10.1 Å². The van der Waals surface area contributed by atoms with Gasteiger partial charge in [0.2, 0.25) is 0 Å². The third-order valence-corrected chi connectivity index (χ3v) is 7.86. The van der Waals surface area contributed by atoms with Gasteiger partial charge in [-0.25, -0.2) is 8.42 Å². The van der Waals surface area contributed by atoms with Gasteiger partial charge in [0.25, 0.3) is 0 Å². The standard InChI is InChI=1S/C30H54O3S.K/c1-26(2)20-15-11-7-5-9-13-17-22-28-23-19-25-30(34(31,32)33)29(28)24-18-14-10-6-8-12-16-21-27(3)4;/h19,23,25-27H,5-18,20-22,24H2,1-4H3,(H,31,32,33);/q;+1/p-1. The molecule has 0 aliphatic rings. The van der Waals surface area contributed by atoms with E-state index in [1.807, 2.05) is 6.07 Å². The van der Waals surface area contributed by atoms with Crippen LogP contribution >= 0.6 is 0 Å². The molecule has 0 aliphatic carbocycles. The Labute approximate surface area is 261 Å². The minimum atomic E-state index is -4.43. The minimum absolute atomic E-state index is 0. The molecule has 0 atom stereocenters. The van der Waals surface area contributed by atoms with Gasteiger partial charge in [-0.05, 0) is 54.7 Å². The molecule has 0 aliphatic heterocycles. The molecule has 0 saturated heterocycles. The molecule has 0 unspecified atom stereocenters. The summed E-state index contributed by atoms with van der Waals surface area (Å²) < 4.78 is 35.6. The average Bonchev–Trinajstić information content (AvgIpc) is 2.76. The van der Waals surface area contributed by atoms with Crippen molar-refractivity contribution in [1.29, 1.82) is 0 Å². The fraction of sp³-hybridized carbons (Fsp3) is 0.800. The summed E-state index contributed by atoms with van der Waals surface area (Å²) in [5.41, 5.74) is 1.87. The normalized spacial score (nSPS) is 11.9. The van der Waals surface area contributed by atoms with Crippen LogP contribution in [-0.2, 0) is 23.0 Å². The zero-order chi connectivity index (χ0) is 25.2. The second-order valence-corrected chi connectivity index (χ2v) is 12.5. The van der Waals surface area contributed by atoms with Crippen LogP contribution in [0, 0.1) is 11.8 Å². The van der Waals surface area contributed by atoms with Crippen LogP contribution in [0.5, 0.6) is 0 Å². The Hall–Kier alpha value is 0.766. The van der Waals surface area contributed by atoms with E-state index in [0.29, 0.717) is 6.42 Å². The third kappa shape index (κ3) is 18.6. The molecule has 35 heavy (non-hydrogen) atoms. The molecule has 0 saturated carbocycles. The smallest absolute Gasteiger partial charge is 0.744 e. The van der Waals surface area contributed by atoms with Crippen molar-refractivity contribution < 1.29 is 64.4 Å². The van der Waals surface area contributed by atoms with Gasteiger partial charge in [0.1, 0.15) is 10.1 Å². The van der Waals surface area contributed by atoms with Crippen molar-refractivity contribution in [3.05, 3.63) is 29.3 Å². The minimum Gasteiger partial charge on any atom is -0.744 e. The predicted molar refractivity (Wildman–Crippen MR) is 145 cm³/mol. The molecule has 0 heterocycles. The molecule has 0 fully saturated rings. The number of benzene rings is 1. The summed E-state index contributed by atoms with van der Waals surface area (Å²) in [5.74, 6) is 1.61. The van der Waals surface area contributed by atoms with Crippen LogP contribution in [0.2, 0.25) is 0 Å². The zero-order valence-corrected chi connectivity index (χ0v) is 27.7. The number of aryl methyl sites for hydroxylation is 1. The molecular weight excluding hydrogens is 479 g/mol. The molecule has 1 aromatic carbocycles. The Bertz CT molecular complexity index is 744. The first-order valence-electron chi connectivity index (χ1n) is 14.3. The Morgan fingerprint density at radius 3 is 1.46 bits per heavy atom. The van der Waals surface area contributed by atoms with Gasteiger partial charge in [-0.1, -0.05) is 130 Å². The summed E-state index contributed by atoms with van der Waals surface area (Å²) in [6, 6.07) is 5.28. The van der Waals surface area contributed by atoms with Crippen molar-refractivity contribution in [3.8, 4) is 0 Å². The van der Waals surface area contributed by atoms with Gasteiger partial charge in [0.15, 0.2) is 0 Å². The van der Waals surface area contributed by atoms with Gasteiger partial charge in [-0.2, -0.15) is 0 Å². The fourth-order valence-corrected chi connectivity index (χ4v) is 5.63. The molecule has 3 nitrogen and oxygen atoms in total. The van der Waals surface area contributed by atoms with E-state index in [2.05, 4.69) is 27.7 Å². The Balaban J connectivity index is 0.0000116. The van der Waals surface area contributed by atoms with Gasteiger partial charge in [-0.3, -0.25) is 0 Å². The van der Waals surface area contributed by atoms with E-state index < -0.39 is 10.1 Å². The van der Waals surface area contributed by atoms with Crippen molar-refractivity contribution in [2.24, 2.45) is 11.8 Å². The number of hydrogen-bond donors (Lipinski definition) is 0. The molecule has 0 spiro atoms. The first-order chi connectivity index (χ1) is 16.2. The second-order valence-electron chi connectivity index (χ2n) is 11.2. The molecule has 0 amide bonds. The van der Waals surface area contributed by atoms with Crippen LogP contribution in [0.4, 0.5) is 0 Å². The van der Waals surface area contributed by atoms with E-state index in [1.165, 1.54) is 89.5 Å². The van der Waals surface area contributed by atoms with Gasteiger partial charge in [0.05, 0.1) is 4.90 Å². The summed E-state index contributed by atoms with van der Waals surface area (Å²) in [6.07, 6.45) is 21.5. The van der Waals surface area contributed by atoms with Crippen molar-refractivity contribution in [1.82, 2.24) is 0 Å². The van der Waals surface area contributed by atoms with Crippen LogP contribution in [0.25, 0.3) is 0 Å². The maximum absolute atomic E-state index is 11.9. The van der Waals surface area contributed by atoms with Gasteiger partial charge >= 0.3 is 51.4 Å². The van der Waals surface area contributed by atoms with Gasteiger partial charge in [0, 0.05) is 0 Å². The average molecular weight is 533 g/mol. The van der Waals surface area contributed by atoms with E-state index in [0.717, 1.165) is 48.6 Å². The summed E-state index contributed by atoms with van der Waals surface area (Å²) in [7, 11) is -4.43. The molecule has 0 aromatic heterocycles. The van der Waals surface area contributed by atoms with Gasteiger partial charge < -0.3 is 4.55 Å². The van der Waals surface area contributed by atoms with Crippen LogP contribution in [0.3, 0.4) is 0 Å². The monoisotopic (exact) mass is 532 g/mol. The SMILES string of the molecule is CC(C)CCCCCCCCCc1cccc(S(=O)(=O)[O-])c1CCCCCCCCCC(C)C.[K+]. The Morgan fingerprint density at radius 2 is 1.03 bits per heavy atom. The molecule has 5 heteroatoms. The topological polar surface area (TPSA) is 57.2 Å². The van der Waals surface area contributed by atoms with Gasteiger partial charge in [-0.15, -0.1) is 0 Å². The zero-order valence-electron chi connectivity index (χ0n) is 23.7. The molecule has 0 bridgehead atoms. The number of rotatable bonds is 21.